The van der Waals surface area contributed by atoms with Gasteiger partial charge in [-0.3, -0.25) is 4.99 Å². The molecule has 9 aromatic rings. The quantitative estimate of drug-likeness (QED) is 0.0954. The Balaban J connectivity index is 1.35. The molecular formula is C50H35N3. The highest BCUT2D eigenvalue weighted by atomic mass is 15.0. The predicted octanol–water partition coefficient (Wildman–Crippen LogP) is 12.7. The molecule has 0 saturated heterocycles. The molecule has 0 aromatic heterocycles. The number of nitrogens with zero attached hydrogens (tertiary/aromatic N) is 3. The smallest absolute Gasteiger partial charge is 0.161 e. The van der Waals surface area contributed by atoms with Crippen molar-refractivity contribution in [2.45, 2.75) is 6.54 Å². The number of amidine groups is 2. The summed E-state index contributed by atoms with van der Waals surface area (Å²) < 4.78 is 0. The number of hydrogen-bond acceptors (Lipinski definition) is 1. The number of aliphatic imine (C=N–C) groups is 3. The summed E-state index contributed by atoms with van der Waals surface area (Å²) in [7, 11) is 0. The molecule has 0 heterocycles. The van der Waals surface area contributed by atoms with E-state index in [1.165, 1.54) is 54.4 Å². The second kappa shape index (κ2) is 14.0. The third kappa shape index (κ3) is 6.19. The molecule has 9 rings (SSSR count). The molecule has 0 aliphatic rings. The molecule has 0 N–H and O–H groups in total. The van der Waals surface area contributed by atoms with Gasteiger partial charge in [0.05, 0.1) is 6.54 Å². The molecule has 0 radical (unpaired) electrons. The monoisotopic (exact) mass is 677 g/mol. The van der Waals surface area contributed by atoms with Gasteiger partial charge < -0.3 is 0 Å². The van der Waals surface area contributed by atoms with E-state index in [2.05, 4.69) is 151 Å². The lowest BCUT2D eigenvalue weighted by molar-refractivity contribution is 1.06. The molecule has 0 aliphatic carbocycles. The van der Waals surface area contributed by atoms with Crippen molar-refractivity contribution < 1.29 is 0 Å². The molecule has 0 bridgehead atoms. The maximum atomic E-state index is 5.15. The van der Waals surface area contributed by atoms with E-state index in [0.717, 1.165) is 27.6 Å². The highest BCUT2D eigenvalue weighted by Crippen LogP contribution is 2.45. The number of rotatable bonds is 6. The van der Waals surface area contributed by atoms with Crippen LogP contribution < -0.4 is 0 Å². The molecule has 0 unspecified atom stereocenters. The molecule has 0 atom stereocenters. The van der Waals surface area contributed by atoms with Crippen LogP contribution in [0.4, 0.5) is 0 Å². The van der Waals surface area contributed by atoms with Gasteiger partial charge >= 0.3 is 0 Å². The Morgan fingerprint density at radius 1 is 0.396 bits per heavy atom. The predicted molar refractivity (Wildman–Crippen MR) is 227 cm³/mol. The minimum atomic E-state index is 0.481. The van der Waals surface area contributed by atoms with Gasteiger partial charge in [-0.1, -0.05) is 170 Å². The summed E-state index contributed by atoms with van der Waals surface area (Å²) in [4.78, 5) is 14.6. The van der Waals surface area contributed by atoms with Gasteiger partial charge in [-0.25, -0.2) is 9.98 Å². The maximum Gasteiger partial charge on any atom is 0.161 e. The molecule has 3 heteroatoms. The van der Waals surface area contributed by atoms with Gasteiger partial charge in [-0.05, 0) is 95.8 Å². The molecule has 0 fully saturated rings. The van der Waals surface area contributed by atoms with Crippen molar-refractivity contribution in [1.82, 2.24) is 0 Å². The summed E-state index contributed by atoms with van der Waals surface area (Å²) >= 11 is 0. The van der Waals surface area contributed by atoms with E-state index in [0.29, 0.717) is 18.2 Å². The third-order valence-electron chi connectivity index (χ3n) is 10.0. The molecule has 250 valence electrons. The molecule has 53 heavy (non-hydrogen) atoms. The summed E-state index contributed by atoms with van der Waals surface area (Å²) in [6, 6.07) is 66.5. The SMILES string of the molecule is C=N/C(=N\C(=N/Cc1ccccc1)c1ccc2c(-c3ccc4ccccc4c3)c3ccccc3c(-c3ccc4ccccc4c3)c2c1)c1ccccc1. The molecular weight excluding hydrogens is 643 g/mol. The summed E-state index contributed by atoms with van der Waals surface area (Å²) in [6.07, 6.45) is 0. The zero-order chi connectivity index (χ0) is 35.6. The molecule has 0 spiro atoms. The van der Waals surface area contributed by atoms with Crippen LogP contribution in [0.5, 0.6) is 0 Å². The van der Waals surface area contributed by atoms with E-state index in [1.54, 1.807) is 0 Å². The van der Waals surface area contributed by atoms with Crippen LogP contribution in [0.25, 0.3) is 65.3 Å². The first-order valence-electron chi connectivity index (χ1n) is 17.9. The average Bonchev–Trinajstić information content (AvgIpc) is 3.23. The lowest BCUT2D eigenvalue weighted by Crippen LogP contribution is -2.06. The van der Waals surface area contributed by atoms with E-state index < -0.39 is 0 Å². The zero-order valence-electron chi connectivity index (χ0n) is 29.2. The lowest BCUT2D eigenvalue weighted by Gasteiger charge is -2.19. The van der Waals surface area contributed by atoms with Crippen LogP contribution in [0.1, 0.15) is 16.7 Å². The van der Waals surface area contributed by atoms with Crippen LogP contribution in [-0.2, 0) is 6.54 Å². The molecule has 3 nitrogen and oxygen atoms in total. The standard InChI is InChI=1S/C50H35N3/c1-51-49(37-18-6-3-7-19-37)53-50(52-33-34-14-4-2-5-15-34)42-28-29-45-46(32-42)48(41-27-25-36-17-9-11-21-39(36)31-41)44-23-13-12-22-43(44)47(45)40-26-24-35-16-8-10-20-38(35)30-40/h2-32H,1,33H2/b52-50-,53-49-. The van der Waals surface area contributed by atoms with E-state index in [1.807, 2.05) is 48.5 Å². The van der Waals surface area contributed by atoms with Crippen LogP contribution in [0.15, 0.2) is 203 Å². The van der Waals surface area contributed by atoms with E-state index in [-0.39, 0.29) is 0 Å². The Kier molecular flexibility index (Phi) is 8.43. The normalized spacial score (nSPS) is 12.2. The van der Waals surface area contributed by atoms with Gasteiger partial charge in [0.25, 0.3) is 0 Å². The Morgan fingerprint density at radius 3 is 1.51 bits per heavy atom. The summed E-state index contributed by atoms with van der Waals surface area (Å²) in [5.74, 6) is 1.13. The molecule has 0 amide bonds. The number of fused-ring (bicyclic) bond motifs is 4. The molecule has 0 saturated carbocycles. The number of hydrogen-bond donors (Lipinski definition) is 0. The molecule has 9 aromatic carbocycles. The van der Waals surface area contributed by atoms with Crippen molar-refractivity contribution in [3.05, 3.63) is 205 Å². The lowest BCUT2D eigenvalue weighted by atomic mass is 9.84. The average molecular weight is 678 g/mol. The van der Waals surface area contributed by atoms with Crippen molar-refractivity contribution in [2.75, 3.05) is 0 Å². The highest BCUT2D eigenvalue weighted by Gasteiger charge is 2.19. The van der Waals surface area contributed by atoms with Crippen LogP contribution in [0, 0.1) is 0 Å². The van der Waals surface area contributed by atoms with Gasteiger partial charge in [-0.2, -0.15) is 0 Å². The van der Waals surface area contributed by atoms with Crippen molar-refractivity contribution in [2.24, 2.45) is 15.0 Å². The molecule has 0 aliphatic heterocycles. The number of benzene rings is 9. The first-order valence-corrected chi connectivity index (χ1v) is 17.9. The van der Waals surface area contributed by atoms with E-state index >= 15 is 0 Å². The van der Waals surface area contributed by atoms with Crippen molar-refractivity contribution >= 4 is 61.5 Å². The maximum absolute atomic E-state index is 5.15. The summed E-state index contributed by atoms with van der Waals surface area (Å²) in [6.45, 7) is 4.38. The van der Waals surface area contributed by atoms with Crippen molar-refractivity contribution in [1.29, 1.82) is 0 Å². The van der Waals surface area contributed by atoms with E-state index in [4.69, 9.17) is 9.98 Å². The topological polar surface area (TPSA) is 37.1 Å². The van der Waals surface area contributed by atoms with Crippen LogP contribution >= 0.6 is 0 Å². The zero-order valence-corrected chi connectivity index (χ0v) is 29.2. The first-order chi connectivity index (χ1) is 26.2. The van der Waals surface area contributed by atoms with Gasteiger partial charge in [0, 0.05) is 11.1 Å². The largest absolute Gasteiger partial charge is 0.261 e. The highest BCUT2D eigenvalue weighted by molar-refractivity contribution is 6.23. The summed E-state index contributed by atoms with van der Waals surface area (Å²) in [5, 5.41) is 9.57. The minimum Gasteiger partial charge on any atom is -0.261 e. The fourth-order valence-electron chi connectivity index (χ4n) is 7.45. The van der Waals surface area contributed by atoms with Crippen molar-refractivity contribution in [3.8, 4) is 22.3 Å². The third-order valence-corrected chi connectivity index (χ3v) is 10.0. The van der Waals surface area contributed by atoms with Crippen LogP contribution in [-0.4, -0.2) is 18.4 Å². The van der Waals surface area contributed by atoms with Gasteiger partial charge in [-0.15, -0.1) is 0 Å². The Hall–Kier alpha value is -6.97. The Labute approximate surface area is 309 Å². The second-order valence-electron chi connectivity index (χ2n) is 13.3. The Bertz CT molecular complexity index is 2870. The van der Waals surface area contributed by atoms with Gasteiger partial charge in [0.2, 0.25) is 0 Å². The minimum absolute atomic E-state index is 0.481. The van der Waals surface area contributed by atoms with E-state index in [9.17, 15) is 0 Å². The van der Waals surface area contributed by atoms with Gasteiger partial charge in [0.15, 0.2) is 11.7 Å². The van der Waals surface area contributed by atoms with Crippen molar-refractivity contribution in [3.63, 3.8) is 0 Å². The van der Waals surface area contributed by atoms with Crippen LogP contribution in [0.2, 0.25) is 0 Å². The van der Waals surface area contributed by atoms with Crippen LogP contribution in [0.3, 0.4) is 0 Å². The fourth-order valence-corrected chi connectivity index (χ4v) is 7.45. The second-order valence-corrected chi connectivity index (χ2v) is 13.3. The fraction of sp³-hybridized carbons (Fsp3) is 0.0200. The Morgan fingerprint density at radius 2 is 0.906 bits per heavy atom. The first kappa shape index (κ1) is 32.0. The van der Waals surface area contributed by atoms with Gasteiger partial charge in [0.1, 0.15) is 0 Å². The summed E-state index contributed by atoms with van der Waals surface area (Å²) in [5.41, 5.74) is 7.64.